The lowest BCUT2D eigenvalue weighted by Crippen LogP contribution is -2.32. The van der Waals surface area contributed by atoms with Crippen molar-refractivity contribution in [1.82, 2.24) is 5.32 Å². The Morgan fingerprint density at radius 1 is 1.23 bits per heavy atom. The summed E-state index contributed by atoms with van der Waals surface area (Å²) in [4.78, 5) is 22.8. The molecule has 1 rings (SSSR count). The fourth-order valence-corrected chi connectivity index (χ4v) is 2.43. The molecule has 0 bridgehead atoms. The summed E-state index contributed by atoms with van der Waals surface area (Å²) in [6.07, 6.45) is 0.426. The number of hydrogen-bond acceptors (Lipinski definition) is 6. The van der Waals surface area contributed by atoms with E-state index in [4.69, 9.17) is 4.18 Å². The molecule has 0 saturated carbocycles. The standard InChI is InChI=1S/C14H20N2O5S/c1-10(21-22(3,19)20)8-15-9-14(18)12-4-6-13(7-5-12)16-11(2)17/h4-7,10,15H,8-9H2,1-3H3,(H,16,17). The number of anilines is 1. The monoisotopic (exact) mass is 328 g/mol. The quantitative estimate of drug-likeness (QED) is 0.540. The molecule has 1 atom stereocenters. The number of nitrogens with one attached hydrogen (secondary N) is 2. The Morgan fingerprint density at radius 2 is 1.82 bits per heavy atom. The van der Waals surface area contributed by atoms with Gasteiger partial charge < -0.3 is 10.6 Å². The second-order valence-corrected chi connectivity index (χ2v) is 6.52. The van der Waals surface area contributed by atoms with Crippen LogP contribution in [0.4, 0.5) is 5.69 Å². The molecular formula is C14H20N2O5S. The molecule has 0 spiro atoms. The van der Waals surface area contributed by atoms with E-state index in [0.29, 0.717) is 11.3 Å². The first-order chi connectivity index (χ1) is 10.2. The number of amides is 1. The van der Waals surface area contributed by atoms with E-state index < -0.39 is 16.2 Å². The van der Waals surface area contributed by atoms with Crippen LogP contribution in [0.5, 0.6) is 0 Å². The molecule has 0 aliphatic rings. The van der Waals surface area contributed by atoms with Crippen molar-refractivity contribution in [2.45, 2.75) is 20.0 Å². The Bertz CT molecular complexity index is 625. The third-order valence-corrected chi connectivity index (χ3v) is 3.26. The molecule has 0 radical (unpaired) electrons. The van der Waals surface area contributed by atoms with E-state index in [0.717, 1.165) is 6.26 Å². The zero-order valence-electron chi connectivity index (χ0n) is 12.8. The van der Waals surface area contributed by atoms with Crippen LogP contribution in [-0.2, 0) is 19.1 Å². The highest BCUT2D eigenvalue weighted by molar-refractivity contribution is 7.86. The van der Waals surface area contributed by atoms with Crippen molar-refractivity contribution in [3.8, 4) is 0 Å². The number of Topliss-reactive ketones (excluding diaryl/α,β-unsaturated/α-hetero) is 1. The van der Waals surface area contributed by atoms with Gasteiger partial charge in [0.15, 0.2) is 5.78 Å². The lowest BCUT2D eigenvalue weighted by atomic mass is 10.1. The lowest BCUT2D eigenvalue weighted by molar-refractivity contribution is -0.114. The van der Waals surface area contributed by atoms with Crippen molar-refractivity contribution in [3.63, 3.8) is 0 Å². The summed E-state index contributed by atoms with van der Waals surface area (Å²) in [6, 6.07) is 6.52. The Labute approximate surface area is 130 Å². The van der Waals surface area contributed by atoms with E-state index in [-0.39, 0.29) is 24.8 Å². The number of rotatable bonds is 8. The molecule has 22 heavy (non-hydrogen) atoms. The van der Waals surface area contributed by atoms with Gasteiger partial charge >= 0.3 is 0 Å². The van der Waals surface area contributed by atoms with Crippen LogP contribution in [0.1, 0.15) is 24.2 Å². The fourth-order valence-electron chi connectivity index (χ4n) is 1.77. The molecule has 1 aromatic carbocycles. The van der Waals surface area contributed by atoms with Crippen molar-refractivity contribution in [3.05, 3.63) is 29.8 Å². The third kappa shape index (κ3) is 7.30. The van der Waals surface area contributed by atoms with Crippen LogP contribution < -0.4 is 10.6 Å². The molecule has 8 heteroatoms. The van der Waals surface area contributed by atoms with Crippen molar-refractivity contribution in [2.75, 3.05) is 24.7 Å². The van der Waals surface area contributed by atoms with Gasteiger partial charge in [0, 0.05) is 24.7 Å². The Kier molecular flexibility index (Phi) is 6.66. The highest BCUT2D eigenvalue weighted by atomic mass is 32.2. The summed E-state index contributed by atoms with van der Waals surface area (Å²) < 4.78 is 26.6. The van der Waals surface area contributed by atoms with E-state index in [1.54, 1.807) is 31.2 Å². The smallest absolute Gasteiger partial charge is 0.264 e. The summed E-state index contributed by atoms with van der Waals surface area (Å²) in [6.45, 7) is 3.31. The minimum absolute atomic E-state index is 0.0664. The zero-order valence-corrected chi connectivity index (χ0v) is 13.6. The number of carbonyl (C=O) groups excluding carboxylic acids is 2. The summed E-state index contributed by atoms with van der Waals surface area (Å²) in [5.74, 6) is -0.318. The molecule has 1 unspecified atom stereocenters. The maximum atomic E-state index is 11.9. The molecule has 7 nitrogen and oxygen atoms in total. The van der Waals surface area contributed by atoms with Gasteiger partial charge in [0.1, 0.15) is 0 Å². The van der Waals surface area contributed by atoms with Gasteiger partial charge in [-0.15, -0.1) is 0 Å². The number of ketones is 1. The Balaban J connectivity index is 2.44. The first-order valence-corrected chi connectivity index (χ1v) is 8.49. The highest BCUT2D eigenvalue weighted by Gasteiger charge is 2.11. The third-order valence-electron chi connectivity index (χ3n) is 2.58. The lowest BCUT2D eigenvalue weighted by Gasteiger charge is -2.11. The average Bonchev–Trinajstić information content (AvgIpc) is 2.36. The largest absolute Gasteiger partial charge is 0.326 e. The molecule has 2 N–H and O–H groups in total. The molecule has 1 aromatic rings. The molecule has 1 amide bonds. The van der Waals surface area contributed by atoms with Gasteiger partial charge in [-0.2, -0.15) is 8.42 Å². The van der Waals surface area contributed by atoms with Gasteiger partial charge in [-0.3, -0.25) is 13.8 Å². The number of carbonyl (C=O) groups is 2. The normalized spacial score (nSPS) is 12.7. The zero-order chi connectivity index (χ0) is 16.8. The van der Waals surface area contributed by atoms with Crippen molar-refractivity contribution in [1.29, 1.82) is 0 Å². The van der Waals surface area contributed by atoms with Gasteiger partial charge in [0.25, 0.3) is 10.1 Å². The van der Waals surface area contributed by atoms with Crippen LogP contribution in [-0.4, -0.2) is 45.6 Å². The van der Waals surface area contributed by atoms with E-state index in [2.05, 4.69) is 10.6 Å². The molecule has 0 aliphatic carbocycles. The van der Waals surface area contributed by atoms with E-state index in [1.807, 2.05) is 0 Å². The van der Waals surface area contributed by atoms with Crippen LogP contribution >= 0.6 is 0 Å². The first-order valence-electron chi connectivity index (χ1n) is 6.67. The first kappa shape index (κ1) is 18.3. The summed E-state index contributed by atoms with van der Waals surface area (Å²) >= 11 is 0. The van der Waals surface area contributed by atoms with Gasteiger partial charge in [-0.1, -0.05) is 0 Å². The maximum absolute atomic E-state index is 11.9. The predicted octanol–water partition coefficient (Wildman–Crippen LogP) is 0.782. The second-order valence-electron chi connectivity index (χ2n) is 4.92. The van der Waals surface area contributed by atoms with E-state index in [1.165, 1.54) is 6.92 Å². The number of benzene rings is 1. The van der Waals surface area contributed by atoms with Crippen LogP contribution in [0, 0.1) is 0 Å². The molecule has 0 aromatic heterocycles. The fraction of sp³-hybridized carbons (Fsp3) is 0.429. The van der Waals surface area contributed by atoms with E-state index in [9.17, 15) is 18.0 Å². The second kappa shape index (κ2) is 8.02. The van der Waals surface area contributed by atoms with Crippen LogP contribution in [0.2, 0.25) is 0 Å². The predicted molar refractivity (Wildman–Crippen MR) is 83.3 cm³/mol. The molecule has 0 aliphatic heterocycles. The summed E-state index contributed by atoms with van der Waals surface area (Å²) in [7, 11) is -3.50. The summed E-state index contributed by atoms with van der Waals surface area (Å²) in [5, 5.41) is 5.46. The topological polar surface area (TPSA) is 102 Å². The molecule has 0 saturated heterocycles. The van der Waals surface area contributed by atoms with Crippen LogP contribution in [0.3, 0.4) is 0 Å². The molecule has 122 valence electrons. The van der Waals surface area contributed by atoms with Crippen molar-refractivity contribution >= 4 is 27.5 Å². The minimum atomic E-state index is -3.50. The maximum Gasteiger partial charge on any atom is 0.264 e. The van der Waals surface area contributed by atoms with Gasteiger partial charge in [0.2, 0.25) is 5.91 Å². The SMILES string of the molecule is CC(=O)Nc1ccc(C(=O)CNCC(C)OS(C)(=O)=O)cc1. The number of hydrogen-bond donors (Lipinski definition) is 2. The van der Waals surface area contributed by atoms with Gasteiger partial charge in [-0.25, -0.2) is 0 Å². The highest BCUT2D eigenvalue weighted by Crippen LogP contribution is 2.09. The van der Waals surface area contributed by atoms with Crippen LogP contribution in [0.25, 0.3) is 0 Å². The minimum Gasteiger partial charge on any atom is -0.326 e. The molecule has 0 fully saturated rings. The van der Waals surface area contributed by atoms with Crippen molar-refractivity contribution < 1.29 is 22.2 Å². The van der Waals surface area contributed by atoms with Crippen molar-refractivity contribution in [2.24, 2.45) is 0 Å². The van der Waals surface area contributed by atoms with E-state index >= 15 is 0 Å². The van der Waals surface area contributed by atoms with Crippen LogP contribution in [0.15, 0.2) is 24.3 Å². The Morgan fingerprint density at radius 3 is 2.32 bits per heavy atom. The molecular weight excluding hydrogens is 308 g/mol. The van der Waals surface area contributed by atoms with Gasteiger partial charge in [-0.05, 0) is 31.2 Å². The Hall–Kier alpha value is -1.77. The summed E-state index contributed by atoms with van der Waals surface area (Å²) in [5.41, 5.74) is 1.12. The molecule has 0 heterocycles. The van der Waals surface area contributed by atoms with Gasteiger partial charge in [0.05, 0.1) is 18.9 Å². The average molecular weight is 328 g/mol.